The maximum Gasteiger partial charge on any atom is 0.268 e. The van der Waals surface area contributed by atoms with Crippen molar-refractivity contribution in [2.45, 2.75) is 33.7 Å². The first-order valence-corrected chi connectivity index (χ1v) is 8.30. The summed E-state index contributed by atoms with van der Waals surface area (Å²) in [6, 6.07) is 3.81. The Kier molecular flexibility index (Phi) is 6.31. The van der Waals surface area contributed by atoms with Crippen molar-refractivity contribution in [2.75, 3.05) is 20.3 Å². The summed E-state index contributed by atoms with van der Waals surface area (Å²) in [6.07, 6.45) is 0.792. The summed E-state index contributed by atoms with van der Waals surface area (Å²) < 4.78 is 33.5. The van der Waals surface area contributed by atoms with E-state index in [-0.39, 0.29) is 5.91 Å². The molecule has 136 valence electrons. The van der Waals surface area contributed by atoms with Crippen molar-refractivity contribution in [1.29, 1.82) is 0 Å². The van der Waals surface area contributed by atoms with E-state index in [1.165, 1.54) is 12.1 Å². The van der Waals surface area contributed by atoms with Crippen molar-refractivity contribution >= 4 is 5.91 Å². The maximum absolute atomic E-state index is 13.5. The minimum absolute atomic E-state index is 0.195. The summed E-state index contributed by atoms with van der Waals surface area (Å²) in [7, 11) is 1.57. The molecule has 0 atom stereocenters. The van der Waals surface area contributed by atoms with Crippen LogP contribution in [-0.2, 0) is 17.7 Å². The average Bonchev–Trinajstić information content (AvgIpc) is 2.81. The first-order valence-electron chi connectivity index (χ1n) is 8.30. The Bertz CT molecular complexity index is 769. The number of rotatable bonds is 7. The molecule has 0 spiro atoms. The molecule has 1 aromatic carbocycles. The summed E-state index contributed by atoms with van der Waals surface area (Å²) >= 11 is 0. The van der Waals surface area contributed by atoms with Crippen LogP contribution in [0.2, 0.25) is 0 Å². The van der Waals surface area contributed by atoms with Crippen LogP contribution in [0.15, 0.2) is 18.2 Å². The van der Waals surface area contributed by atoms with E-state index in [4.69, 9.17) is 4.74 Å². The molecule has 1 amide bonds. The topological polar surface area (TPSA) is 43.3 Å². The van der Waals surface area contributed by atoms with Gasteiger partial charge in [0.25, 0.3) is 5.91 Å². The van der Waals surface area contributed by atoms with Crippen molar-refractivity contribution in [3.8, 4) is 0 Å². The average molecular weight is 350 g/mol. The SMILES string of the molecule is CCc1c(C)c(C(=O)NCCOC)n(Cc2ccc(F)c(F)c2)c1C. The van der Waals surface area contributed by atoms with E-state index < -0.39 is 11.6 Å². The molecule has 0 fully saturated rings. The molecule has 2 aromatic rings. The van der Waals surface area contributed by atoms with Crippen LogP contribution >= 0.6 is 0 Å². The Morgan fingerprint density at radius 3 is 2.56 bits per heavy atom. The van der Waals surface area contributed by atoms with E-state index in [1.54, 1.807) is 7.11 Å². The zero-order valence-corrected chi connectivity index (χ0v) is 15.1. The lowest BCUT2D eigenvalue weighted by Crippen LogP contribution is -2.29. The van der Waals surface area contributed by atoms with E-state index in [9.17, 15) is 13.6 Å². The second-order valence-corrected chi connectivity index (χ2v) is 5.97. The predicted octanol–water partition coefficient (Wildman–Crippen LogP) is 3.37. The largest absolute Gasteiger partial charge is 0.383 e. The second-order valence-electron chi connectivity index (χ2n) is 5.97. The van der Waals surface area contributed by atoms with Gasteiger partial charge in [-0.2, -0.15) is 0 Å². The molecule has 0 aliphatic carbocycles. The molecule has 25 heavy (non-hydrogen) atoms. The number of halogens is 2. The molecule has 0 aliphatic rings. The van der Waals surface area contributed by atoms with E-state index in [2.05, 4.69) is 5.32 Å². The van der Waals surface area contributed by atoms with Crippen molar-refractivity contribution in [1.82, 2.24) is 9.88 Å². The van der Waals surface area contributed by atoms with Crippen LogP contribution in [0.3, 0.4) is 0 Å². The van der Waals surface area contributed by atoms with Crippen LogP contribution in [-0.4, -0.2) is 30.7 Å². The number of amides is 1. The van der Waals surface area contributed by atoms with Crippen molar-refractivity contribution in [3.63, 3.8) is 0 Å². The number of hydrogen-bond acceptors (Lipinski definition) is 2. The van der Waals surface area contributed by atoms with E-state index in [1.807, 2.05) is 25.3 Å². The van der Waals surface area contributed by atoms with Crippen LogP contribution in [0.1, 0.15) is 39.8 Å². The lowest BCUT2D eigenvalue weighted by molar-refractivity contribution is 0.0927. The first-order chi connectivity index (χ1) is 11.9. The third-order valence-electron chi connectivity index (χ3n) is 4.40. The summed E-state index contributed by atoms with van der Waals surface area (Å²) in [5.41, 5.74) is 4.12. The maximum atomic E-state index is 13.5. The molecular formula is C19H24F2N2O2. The van der Waals surface area contributed by atoms with Gasteiger partial charge >= 0.3 is 0 Å². The molecule has 6 heteroatoms. The van der Waals surface area contributed by atoms with Gasteiger partial charge < -0.3 is 14.6 Å². The van der Waals surface area contributed by atoms with Gasteiger partial charge in [0, 0.05) is 25.9 Å². The highest BCUT2D eigenvalue weighted by Gasteiger charge is 2.22. The van der Waals surface area contributed by atoms with Crippen LogP contribution in [0, 0.1) is 25.5 Å². The Hall–Kier alpha value is -2.21. The minimum atomic E-state index is -0.888. The Morgan fingerprint density at radius 2 is 1.96 bits per heavy atom. The molecule has 0 bridgehead atoms. The molecule has 0 unspecified atom stereocenters. The highest BCUT2D eigenvalue weighted by molar-refractivity contribution is 5.95. The van der Waals surface area contributed by atoms with E-state index in [0.717, 1.165) is 29.3 Å². The number of nitrogens with one attached hydrogen (secondary N) is 1. The summed E-state index contributed by atoms with van der Waals surface area (Å²) in [6.45, 7) is 7.02. The van der Waals surface area contributed by atoms with Gasteiger partial charge in [0.1, 0.15) is 5.69 Å². The highest BCUT2D eigenvalue weighted by atomic mass is 19.2. The molecule has 0 aliphatic heterocycles. The standard InChI is InChI=1S/C19H24F2N2O2/c1-5-15-12(2)18(19(24)22-8-9-25-4)23(13(15)3)11-14-6-7-16(20)17(21)10-14/h6-7,10H,5,8-9,11H2,1-4H3,(H,22,24). The number of ether oxygens (including phenoxy) is 1. The van der Waals surface area contributed by atoms with Gasteiger partial charge in [-0.3, -0.25) is 4.79 Å². The normalized spacial score (nSPS) is 11.0. The molecule has 0 saturated carbocycles. The number of carbonyl (C=O) groups excluding carboxylic acids is 1. The summed E-state index contributed by atoms with van der Waals surface area (Å²) in [5.74, 6) is -1.96. The van der Waals surface area contributed by atoms with Gasteiger partial charge in [-0.1, -0.05) is 13.0 Å². The van der Waals surface area contributed by atoms with Gasteiger partial charge in [0.05, 0.1) is 6.61 Å². The van der Waals surface area contributed by atoms with Gasteiger partial charge in [-0.25, -0.2) is 8.78 Å². The third-order valence-corrected chi connectivity index (χ3v) is 4.40. The van der Waals surface area contributed by atoms with Crippen LogP contribution in [0.25, 0.3) is 0 Å². The second kappa shape index (κ2) is 8.25. The Morgan fingerprint density at radius 1 is 1.24 bits per heavy atom. The monoisotopic (exact) mass is 350 g/mol. The highest BCUT2D eigenvalue weighted by Crippen LogP contribution is 2.24. The predicted molar refractivity (Wildman–Crippen MR) is 93.0 cm³/mol. The smallest absolute Gasteiger partial charge is 0.268 e. The molecule has 4 nitrogen and oxygen atoms in total. The lowest BCUT2D eigenvalue weighted by atomic mass is 10.1. The quantitative estimate of drug-likeness (QED) is 0.778. The van der Waals surface area contributed by atoms with Gasteiger partial charge in [-0.15, -0.1) is 0 Å². The molecule has 0 saturated heterocycles. The molecular weight excluding hydrogens is 326 g/mol. The number of methoxy groups -OCH3 is 1. The minimum Gasteiger partial charge on any atom is -0.383 e. The van der Waals surface area contributed by atoms with Crippen LogP contribution < -0.4 is 5.32 Å². The lowest BCUT2D eigenvalue weighted by Gasteiger charge is -2.13. The fourth-order valence-electron chi connectivity index (χ4n) is 3.13. The number of carbonyl (C=O) groups is 1. The van der Waals surface area contributed by atoms with Gasteiger partial charge in [0.15, 0.2) is 11.6 Å². The van der Waals surface area contributed by atoms with Crippen molar-refractivity contribution in [3.05, 3.63) is 57.9 Å². The van der Waals surface area contributed by atoms with Gasteiger partial charge in [-0.05, 0) is 49.1 Å². The summed E-state index contributed by atoms with van der Waals surface area (Å²) in [5, 5.41) is 2.83. The van der Waals surface area contributed by atoms with Crippen molar-refractivity contribution in [2.24, 2.45) is 0 Å². The fraction of sp³-hybridized carbons (Fsp3) is 0.421. The van der Waals surface area contributed by atoms with Crippen LogP contribution in [0.5, 0.6) is 0 Å². The number of benzene rings is 1. The first kappa shape index (κ1) is 19.1. The Labute approximate surface area is 146 Å². The summed E-state index contributed by atoms with van der Waals surface area (Å²) in [4.78, 5) is 12.6. The molecule has 1 N–H and O–H groups in total. The molecule has 1 aromatic heterocycles. The fourth-order valence-corrected chi connectivity index (χ4v) is 3.13. The Balaban J connectivity index is 2.41. The number of hydrogen-bond donors (Lipinski definition) is 1. The zero-order valence-electron chi connectivity index (χ0n) is 15.1. The van der Waals surface area contributed by atoms with Crippen LogP contribution in [0.4, 0.5) is 8.78 Å². The molecule has 2 rings (SSSR count). The third kappa shape index (κ3) is 4.07. The zero-order chi connectivity index (χ0) is 18.6. The molecule has 0 radical (unpaired) electrons. The number of aromatic nitrogens is 1. The molecule has 1 heterocycles. The van der Waals surface area contributed by atoms with E-state index >= 15 is 0 Å². The number of nitrogens with zero attached hydrogens (tertiary/aromatic N) is 1. The van der Waals surface area contributed by atoms with Crippen molar-refractivity contribution < 1.29 is 18.3 Å². The van der Waals surface area contributed by atoms with Gasteiger partial charge in [0.2, 0.25) is 0 Å². The van der Waals surface area contributed by atoms with E-state index in [0.29, 0.717) is 31.0 Å².